The van der Waals surface area contributed by atoms with Crippen LogP contribution in [0.15, 0.2) is 29.6 Å². The monoisotopic (exact) mass is 526 g/mol. The molecule has 0 saturated carbocycles. The Bertz CT molecular complexity index is 1100. The van der Waals surface area contributed by atoms with Crippen molar-refractivity contribution in [3.05, 3.63) is 46.2 Å². The lowest BCUT2D eigenvalue weighted by Crippen LogP contribution is -2.42. The summed E-state index contributed by atoms with van der Waals surface area (Å²) in [6.45, 7) is 4.31. The van der Waals surface area contributed by atoms with E-state index in [2.05, 4.69) is 13.8 Å². The predicted molar refractivity (Wildman–Crippen MR) is 146 cm³/mol. The van der Waals surface area contributed by atoms with E-state index in [1.165, 1.54) is 44.6 Å². The maximum absolute atomic E-state index is 13.7. The van der Waals surface area contributed by atoms with Gasteiger partial charge in [0.1, 0.15) is 22.8 Å². The van der Waals surface area contributed by atoms with Crippen LogP contribution >= 0.6 is 0 Å². The molecule has 0 radical (unpaired) electrons. The van der Waals surface area contributed by atoms with Gasteiger partial charge in [0.25, 0.3) is 0 Å². The van der Waals surface area contributed by atoms with Crippen LogP contribution in [0.4, 0.5) is 0 Å². The lowest BCUT2D eigenvalue weighted by Gasteiger charge is -2.34. The molecule has 1 heterocycles. The number of carbonyl (C=O) groups is 3. The predicted octanol–water partition coefficient (Wildman–Crippen LogP) is 6.94. The van der Waals surface area contributed by atoms with Gasteiger partial charge in [-0.1, -0.05) is 78.1 Å². The van der Waals surface area contributed by atoms with Gasteiger partial charge in [-0.15, -0.1) is 0 Å². The first-order valence-corrected chi connectivity index (χ1v) is 14.2. The summed E-state index contributed by atoms with van der Waals surface area (Å²) in [4.78, 5) is 38.7. The van der Waals surface area contributed by atoms with Gasteiger partial charge in [-0.05, 0) is 42.9 Å². The molecule has 0 unspecified atom stereocenters. The number of hydrogen-bond acceptors (Lipinski definition) is 6. The lowest BCUT2D eigenvalue weighted by atomic mass is 9.66. The number of hydrogen-bond donors (Lipinski definition) is 2. The van der Waals surface area contributed by atoms with Gasteiger partial charge < -0.3 is 19.7 Å². The SMILES string of the molecule is CCCCCCCCCC1=CC(=O)C=C(OC)[C@@]12C(=O)Oc1cc(O)c(C(=O)O)c(CCCCCCC)c12. The van der Waals surface area contributed by atoms with Gasteiger partial charge in [0.05, 0.1) is 7.11 Å². The average Bonchev–Trinajstić information content (AvgIpc) is 3.16. The van der Waals surface area contributed by atoms with Crippen LogP contribution in [0, 0.1) is 0 Å². The minimum absolute atomic E-state index is 0.129. The third-order valence-electron chi connectivity index (χ3n) is 7.71. The summed E-state index contributed by atoms with van der Waals surface area (Å²) in [6, 6.07) is 1.21. The largest absolute Gasteiger partial charge is 0.507 e. The van der Waals surface area contributed by atoms with Crippen LogP contribution < -0.4 is 4.74 Å². The molecule has 0 aromatic heterocycles. The highest BCUT2D eigenvalue weighted by atomic mass is 16.5. The molecule has 1 aromatic carbocycles. The number of aromatic carboxylic acids is 1. The highest BCUT2D eigenvalue weighted by Gasteiger charge is 2.59. The zero-order valence-electron chi connectivity index (χ0n) is 23.1. The van der Waals surface area contributed by atoms with Crippen LogP contribution in [0.5, 0.6) is 11.5 Å². The van der Waals surface area contributed by atoms with Crippen molar-refractivity contribution in [3.8, 4) is 11.5 Å². The molecule has 1 atom stereocenters. The van der Waals surface area contributed by atoms with Crippen LogP contribution in [0.3, 0.4) is 0 Å². The fraction of sp³-hybridized carbons (Fsp3) is 0.581. The van der Waals surface area contributed by atoms with Crippen LogP contribution in [0.25, 0.3) is 0 Å². The molecule has 2 N–H and O–H groups in total. The van der Waals surface area contributed by atoms with Crippen molar-refractivity contribution in [2.45, 2.75) is 109 Å². The van der Waals surface area contributed by atoms with Crippen LogP contribution in [-0.2, 0) is 26.2 Å². The molecule has 38 heavy (non-hydrogen) atoms. The van der Waals surface area contributed by atoms with Crippen molar-refractivity contribution in [3.63, 3.8) is 0 Å². The number of ketones is 1. The summed E-state index contributed by atoms with van der Waals surface area (Å²) in [5.74, 6) is -2.33. The molecule has 0 fully saturated rings. The second-order valence-corrected chi connectivity index (χ2v) is 10.4. The fourth-order valence-corrected chi connectivity index (χ4v) is 5.84. The molecule has 0 amide bonds. The Morgan fingerprint density at radius 1 is 0.895 bits per heavy atom. The van der Waals surface area contributed by atoms with Gasteiger partial charge in [-0.2, -0.15) is 0 Å². The molecule has 0 saturated heterocycles. The first-order chi connectivity index (χ1) is 18.3. The number of carboxylic acids is 1. The molecule has 3 rings (SSSR count). The topological polar surface area (TPSA) is 110 Å². The standard InChI is InChI=1S/C31H42O7/c1-4-6-8-10-11-13-14-16-21-18-22(32)19-26(37-3)31(21)28-23(17-15-12-9-7-5-2)27(29(34)35)24(33)20-25(28)38-30(31)36/h18-20,33H,4-17H2,1-3H3,(H,34,35)/t31-/m0/s1. The number of fused-ring (bicyclic) bond motifs is 2. The number of allylic oxidation sites excluding steroid dienone is 2. The smallest absolute Gasteiger partial charge is 0.339 e. The van der Waals surface area contributed by atoms with Crippen molar-refractivity contribution in [2.75, 3.05) is 7.11 Å². The maximum atomic E-state index is 13.7. The van der Waals surface area contributed by atoms with Crippen LogP contribution in [0.1, 0.15) is 119 Å². The number of carbonyl (C=O) groups excluding carboxylic acids is 2. The van der Waals surface area contributed by atoms with E-state index in [1.807, 2.05) is 0 Å². The van der Waals surface area contributed by atoms with E-state index in [4.69, 9.17) is 9.47 Å². The number of aromatic hydroxyl groups is 1. The quantitative estimate of drug-likeness (QED) is 0.136. The normalized spacial score (nSPS) is 18.3. The molecule has 7 nitrogen and oxygen atoms in total. The molecule has 1 aliphatic carbocycles. The summed E-state index contributed by atoms with van der Waals surface area (Å²) in [5.41, 5.74) is -0.426. The zero-order chi connectivity index (χ0) is 27.7. The minimum Gasteiger partial charge on any atom is -0.507 e. The van der Waals surface area contributed by atoms with Crippen molar-refractivity contribution in [1.29, 1.82) is 0 Å². The number of benzene rings is 1. The summed E-state index contributed by atoms with van der Waals surface area (Å²) < 4.78 is 11.4. The Morgan fingerprint density at radius 2 is 1.47 bits per heavy atom. The Morgan fingerprint density at radius 3 is 2.05 bits per heavy atom. The molecule has 1 aliphatic heterocycles. The molecule has 1 aromatic rings. The van der Waals surface area contributed by atoms with Crippen molar-refractivity contribution >= 4 is 17.7 Å². The van der Waals surface area contributed by atoms with E-state index in [1.54, 1.807) is 0 Å². The van der Waals surface area contributed by atoms with Gasteiger partial charge in [0, 0.05) is 17.7 Å². The van der Waals surface area contributed by atoms with Crippen molar-refractivity contribution < 1.29 is 34.1 Å². The van der Waals surface area contributed by atoms with E-state index in [9.17, 15) is 24.6 Å². The summed E-state index contributed by atoms with van der Waals surface area (Å²) in [6.07, 6.45) is 15.9. The summed E-state index contributed by atoms with van der Waals surface area (Å²) in [5, 5.41) is 20.7. The molecular formula is C31H42O7. The highest BCUT2D eigenvalue weighted by molar-refractivity contribution is 6.09. The van der Waals surface area contributed by atoms with Crippen molar-refractivity contribution in [1.82, 2.24) is 0 Å². The van der Waals surface area contributed by atoms with Gasteiger partial charge in [0.2, 0.25) is 0 Å². The fourth-order valence-electron chi connectivity index (χ4n) is 5.84. The van der Waals surface area contributed by atoms with E-state index in [-0.39, 0.29) is 22.9 Å². The number of ether oxygens (including phenoxy) is 2. The average molecular weight is 527 g/mol. The Kier molecular flexibility index (Phi) is 10.6. The number of carboxylic acid groups (broad SMARTS) is 1. The number of methoxy groups -OCH3 is 1. The third-order valence-corrected chi connectivity index (χ3v) is 7.71. The van der Waals surface area contributed by atoms with E-state index >= 15 is 0 Å². The molecule has 1 spiro atoms. The Labute approximate surface area is 225 Å². The zero-order valence-corrected chi connectivity index (χ0v) is 23.1. The maximum Gasteiger partial charge on any atom is 0.339 e. The van der Waals surface area contributed by atoms with Gasteiger partial charge >= 0.3 is 11.9 Å². The third kappa shape index (κ3) is 5.97. The number of unbranched alkanes of at least 4 members (excludes halogenated alkanes) is 10. The van der Waals surface area contributed by atoms with Crippen LogP contribution in [-0.4, -0.2) is 35.0 Å². The van der Waals surface area contributed by atoms with E-state index in [0.717, 1.165) is 51.4 Å². The highest BCUT2D eigenvalue weighted by Crippen LogP contribution is 2.55. The van der Waals surface area contributed by atoms with Crippen LogP contribution in [0.2, 0.25) is 0 Å². The van der Waals surface area contributed by atoms with Gasteiger partial charge in [-0.3, -0.25) is 4.79 Å². The molecule has 0 bridgehead atoms. The second-order valence-electron chi connectivity index (χ2n) is 10.4. The lowest BCUT2D eigenvalue weighted by molar-refractivity contribution is -0.137. The summed E-state index contributed by atoms with van der Waals surface area (Å²) in [7, 11) is 1.41. The minimum atomic E-state index is -1.53. The second kappa shape index (κ2) is 13.6. The van der Waals surface area contributed by atoms with E-state index < -0.39 is 23.1 Å². The molecule has 2 aliphatic rings. The Balaban J connectivity index is 2.05. The van der Waals surface area contributed by atoms with E-state index in [0.29, 0.717) is 36.0 Å². The number of rotatable bonds is 16. The molecule has 7 heteroatoms. The van der Waals surface area contributed by atoms with Gasteiger partial charge in [0.15, 0.2) is 11.2 Å². The number of phenols is 1. The first-order valence-electron chi connectivity index (χ1n) is 14.2. The molecular weight excluding hydrogens is 484 g/mol. The number of esters is 1. The first kappa shape index (κ1) is 29.5. The molecule has 208 valence electrons. The Hall–Kier alpha value is -3.09. The summed E-state index contributed by atoms with van der Waals surface area (Å²) >= 11 is 0. The van der Waals surface area contributed by atoms with Crippen molar-refractivity contribution in [2.24, 2.45) is 0 Å². The van der Waals surface area contributed by atoms with Gasteiger partial charge in [-0.25, -0.2) is 9.59 Å².